The lowest BCUT2D eigenvalue weighted by Gasteiger charge is -2.24. The Morgan fingerprint density at radius 3 is 2.46 bits per heavy atom. The van der Waals surface area contributed by atoms with Crippen molar-refractivity contribution in [3.63, 3.8) is 0 Å². The van der Waals surface area contributed by atoms with E-state index in [4.69, 9.17) is 5.73 Å². The summed E-state index contributed by atoms with van der Waals surface area (Å²) in [4.78, 5) is 15.2. The molecule has 1 aliphatic rings. The average molecular weight is 351 g/mol. The van der Waals surface area contributed by atoms with E-state index in [9.17, 15) is 4.79 Å². The minimum atomic E-state index is -0.277. The van der Waals surface area contributed by atoms with Crippen molar-refractivity contribution in [3.8, 4) is 0 Å². The maximum absolute atomic E-state index is 12.7. The minimum absolute atomic E-state index is 0.0349. The fourth-order valence-corrected chi connectivity index (χ4v) is 3.78. The van der Waals surface area contributed by atoms with Gasteiger partial charge < -0.3 is 11.1 Å². The summed E-state index contributed by atoms with van der Waals surface area (Å²) in [5.74, 6) is 0.241. The molecule has 0 aliphatic carbocycles. The Balaban J connectivity index is 1.53. The average Bonchev–Trinajstić information content (AvgIpc) is 3.13. The molecule has 0 radical (unpaired) electrons. The van der Waals surface area contributed by atoms with Crippen LogP contribution in [0, 0.1) is 5.92 Å². The summed E-state index contributed by atoms with van der Waals surface area (Å²) < 4.78 is 0. The molecule has 1 fully saturated rings. The Kier molecular flexibility index (Phi) is 6.42. The first-order valence-electron chi connectivity index (χ1n) is 9.49. The van der Waals surface area contributed by atoms with Gasteiger partial charge in [-0.2, -0.15) is 0 Å². The second-order valence-corrected chi connectivity index (χ2v) is 7.27. The highest BCUT2D eigenvalue weighted by Gasteiger charge is 2.29. The summed E-state index contributed by atoms with van der Waals surface area (Å²) in [5, 5.41) is 3.21. The number of amides is 1. The highest BCUT2D eigenvalue weighted by atomic mass is 16.2. The van der Waals surface area contributed by atoms with Crippen LogP contribution in [-0.2, 0) is 11.3 Å². The first-order chi connectivity index (χ1) is 12.7. The summed E-state index contributed by atoms with van der Waals surface area (Å²) >= 11 is 0. The molecule has 3 unspecified atom stereocenters. The van der Waals surface area contributed by atoms with Gasteiger partial charge in [0.05, 0.1) is 5.92 Å². The molecule has 1 heterocycles. The van der Waals surface area contributed by atoms with Gasteiger partial charge in [0.25, 0.3) is 0 Å². The molecule has 138 valence electrons. The lowest BCUT2D eigenvalue weighted by atomic mass is 9.96. The number of carbonyl (C=O) groups excluding carboxylic acids is 1. The van der Waals surface area contributed by atoms with Crippen LogP contribution in [0.5, 0.6) is 0 Å². The van der Waals surface area contributed by atoms with Gasteiger partial charge in [0, 0.05) is 25.7 Å². The molecule has 0 spiro atoms. The number of nitrogens with one attached hydrogen (secondary N) is 1. The minimum Gasteiger partial charge on any atom is -0.353 e. The summed E-state index contributed by atoms with van der Waals surface area (Å²) in [6.07, 6.45) is 1.12. The van der Waals surface area contributed by atoms with Crippen molar-refractivity contribution in [3.05, 3.63) is 71.8 Å². The maximum atomic E-state index is 12.7. The van der Waals surface area contributed by atoms with Crippen LogP contribution < -0.4 is 11.1 Å². The zero-order valence-electron chi connectivity index (χ0n) is 15.5. The number of benzene rings is 2. The highest BCUT2D eigenvalue weighted by Crippen LogP contribution is 2.22. The first-order valence-corrected chi connectivity index (χ1v) is 9.49. The third kappa shape index (κ3) is 4.71. The molecule has 1 saturated heterocycles. The van der Waals surface area contributed by atoms with Crippen molar-refractivity contribution in [2.24, 2.45) is 11.7 Å². The van der Waals surface area contributed by atoms with E-state index in [0.717, 1.165) is 31.6 Å². The molecular weight excluding hydrogens is 322 g/mol. The number of nitrogens with zero attached hydrogens (tertiary/aromatic N) is 1. The monoisotopic (exact) mass is 351 g/mol. The standard InChI is InChI=1S/C22H29N3O/c1-17(24-22(26)21(14-23)19-10-6-3-7-11-19)20-12-13-25(16-20)15-18-8-4-2-5-9-18/h2-11,17,20-21H,12-16,23H2,1H3,(H,24,26). The van der Waals surface area contributed by atoms with E-state index in [1.54, 1.807) is 0 Å². The molecule has 4 heteroatoms. The molecule has 4 nitrogen and oxygen atoms in total. The van der Waals surface area contributed by atoms with Crippen LogP contribution in [0.2, 0.25) is 0 Å². The topological polar surface area (TPSA) is 58.4 Å². The molecule has 2 aromatic carbocycles. The number of likely N-dealkylation sites (tertiary alicyclic amines) is 1. The smallest absolute Gasteiger partial charge is 0.229 e. The molecule has 0 saturated carbocycles. The molecule has 0 aromatic heterocycles. The lowest BCUT2D eigenvalue weighted by Crippen LogP contribution is -2.43. The Bertz CT molecular complexity index is 689. The Labute approximate surface area is 156 Å². The van der Waals surface area contributed by atoms with Crippen molar-refractivity contribution >= 4 is 5.91 Å². The predicted octanol–water partition coefficient (Wildman–Crippen LogP) is 2.76. The van der Waals surface area contributed by atoms with Crippen molar-refractivity contribution in [2.75, 3.05) is 19.6 Å². The zero-order valence-corrected chi connectivity index (χ0v) is 15.5. The molecule has 2 aromatic rings. The molecule has 3 rings (SSSR count). The fourth-order valence-electron chi connectivity index (χ4n) is 3.78. The van der Waals surface area contributed by atoms with E-state index in [1.807, 2.05) is 30.3 Å². The van der Waals surface area contributed by atoms with Gasteiger partial charge in [-0.05, 0) is 36.9 Å². The summed E-state index contributed by atoms with van der Waals surface area (Å²) in [6.45, 7) is 5.53. The fraction of sp³-hybridized carbons (Fsp3) is 0.409. The van der Waals surface area contributed by atoms with Crippen LogP contribution in [0.1, 0.15) is 30.4 Å². The van der Waals surface area contributed by atoms with E-state index in [2.05, 4.69) is 47.5 Å². The van der Waals surface area contributed by atoms with Crippen LogP contribution in [-0.4, -0.2) is 36.5 Å². The molecule has 1 aliphatic heterocycles. The molecule has 1 amide bonds. The third-order valence-corrected chi connectivity index (χ3v) is 5.39. The summed E-state index contributed by atoms with van der Waals surface area (Å²) in [5.41, 5.74) is 8.20. The van der Waals surface area contributed by atoms with Gasteiger partial charge in [0.1, 0.15) is 0 Å². The second-order valence-electron chi connectivity index (χ2n) is 7.27. The van der Waals surface area contributed by atoms with Gasteiger partial charge in [0.2, 0.25) is 5.91 Å². The summed E-state index contributed by atoms with van der Waals surface area (Å²) in [7, 11) is 0. The second kappa shape index (κ2) is 8.97. The molecule has 3 atom stereocenters. The van der Waals surface area contributed by atoms with E-state index in [0.29, 0.717) is 12.5 Å². The van der Waals surface area contributed by atoms with Gasteiger partial charge in [0.15, 0.2) is 0 Å². The van der Waals surface area contributed by atoms with Gasteiger partial charge >= 0.3 is 0 Å². The van der Waals surface area contributed by atoms with Crippen LogP contribution in [0.15, 0.2) is 60.7 Å². The number of hydrogen-bond acceptors (Lipinski definition) is 3. The van der Waals surface area contributed by atoms with Crippen molar-refractivity contribution < 1.29 is 4.79 Å². The SMILES string of the molecule is CC(NC(=O)C(CN)c1ccccc1)C1CCN(Cc2ccccc2)C1. The van der Waals surface area contributed by atoms with Crippen LogP contribution in [0.25, 0.3) is 0 Å². The number of nitrogens with two attached hydrogens (primary N) is 1. The van der Waals surface area contributed by atoms with E-state index < -0.39 is 0 Å². The van der Waals surface area contributed by atoms with Gasteiger partial charge in [-0.1, -0.05) is 60.7 Å². The molecule has 0 bridgehead atoms. The third-order valence-electron chi connectivity index (χ3n) is 5.39. The van der Waals surface area contributed by atoms with Crippen LogP contribution in [0.3, 0.4) is 0 Å². The van der Waals surface area contributed by atoms with Crippen LogP contribution >= 0.6 is 0 Å². The maximum Gasteiger partial charge on any atom is 0.229 e. The van der Waals surface area contributed by atoms with Gasteiger partial charge in [-0.15, -0.1) is 0 Å². The highest BCUT2D eigenvalue weighted by molar-refractivity contribution is 5.84. The van der Waals surface area contributed by atoms with Gasteiger partial charge in [-0.25, -0.2) is 0 Å². The molecule has 3 N–H and O–H groups in total. The number of hydrogen-bond donors (Lipinski definition) is 2. The van der Waals surface area contributed by atoms with E-state index in [-0.39, 0.29) is 17.9 Å². The quantitative estimate of drug-likeness (QED) is 0.806. The number of carbonyl (C=O) groups is 1. The normalized spacial score (nSPS) is 19.8. The van der Waals surface area contributed by atoms with Crippen molar-refractivity contribution in [1.82, 2.24) is 10.2 Å². The van der Waals surface area contributed by atoms with Crippen molar-refractivity contribution in [1.29, 1.82) is 0 Å². The predicted molar refractivity (Wildman–Crippen MR) is 106 cm³/mol. The van der Waals surface area contributed by atoms with Crippen molar-refractivity contribution in [2.45, 2.75) is 31.8 Å². The summed E-state index contributed by atoms with van der Waals surface area (Å²) in [6, 6.07) is 20.5. The zero-order chi connectivity index (χ0) is 18.4. The van der Waals surface area contributed by atoms with E-state index in [1.165, 1.54) is 5.56 Å². The first kappa shape index (κ1) is 18.6. The Hall–Kier alpha value is -2.17. The van der Waals surface area contributed by atoms with Gasteiger partial charge in [-0.3, -0.25) is 9.69 Å². The lowest BCUT2D eigenvalue weighted by molar-refractivity contribution is -0.123. The molecular formula is C22H29N3O. The number of rotatable bonds is 7. The van der Waals surface area contributed by atoms with E-state index >= 15 is 0 Å². The Morgan fingerprint density at radius 1 is 1.15 bits per heavy atom. The molecule has 26 heavy (non-hydrogen) atoms. The Morgan fingerprint density at radius 2 is 1.81 bits per heavy atom. The van der Waals surface area contributed by atoms with Crippen LogP contribution in [0.4, 0.5) is 0 Å². The largest absolute Gasteiger partial charge is 0.353 e.